The van der Waals surface area contributed by atoms with Crippen molar-refractivity contribution in [2.75, 3.05) is 32.1 Å². The number of carbonyl (C=O) groups excluding carboxylic acids is 3. The van der Waals surface area contributed by atoms with Crippen LogP contribution in [0.15, 0.2) is 54.6 Å². The van der Waals surface area contributed by atoms with Crippen LogP contribution < -0.4 is 20.3 Å². The Hall–Kier alpha value is -3.35. The molecule has 0 aliphatic carbocycles. The average molecular weight is 426 g/mol. The zero-order valence-corrected chi connectivity index (χ0v) is 18.6. The molecule has 2 amide bonds. The normalized spacial score (nSPS) is 11.5. The summed E-state index contributed by atoms with van der Waals surface area (Å²) < 4.78 is 5.40. The zero-order valence-electron chi connectivity index (χ0n) is 18.6. The lowest BCUT2D eigenvalue weighted by Gasteiger charge is -2.20. The molecule has 7 heteroatoms. The van der Waals surface area contributed by atoms with E-state index in [0.717, 1.165) is 5.69 Å². The summed E-state index contributed by atoms with van der Waals surface area (Å²) in [5, 5.41) is 5.40. The first kappa shape index (κ1) is 23.9. The van der Waals surface area contributed by atoms with Crippen molar-refractivity contribution in [3.63, 3.8) is 0 Å². The molecule has 0 fully saturated rings. The molecule has 166 valence electrons. The van der Waals surface area contributed by atoms with Gasteiger partial charge in [-0.15, -0.1) is 0 Å². The second kappa shape index (κ2) is 11.7. The van der Waals surface area contributed by atoms with Gasteiger partial charge in [0.05, 0.1) is 6.54 Å². The highest BCUT2D eigenvalue weighted by molar-refractivity contribution is 5.98. The zero-order chi connectivity index (χ0) is 22.8. The molecule has 1 unspecified atom stereocenters. The highest BCUT2D eigenvalue weighted by atomic mass is 16.5. The average Bonchev–Trinajstić information content (AvgIpc) is 2.76. The second-order valence-corrected chi connectivity index (χ2v) is 7.96. The Bertz CT molecular complexity index is 864. The molecule has 0 bridgehead atoms. The summed E-state index contributed by atoms with van der Waals surface area (Å²) in [6.07, 6.45) is 0.460. The number of carbonyl (C=O) groups is 3. The van der Waals surface area contributed by atoms with Gasteiger partial charge in [0.25, 0.3) is 5.91 Å². The molecule has 0 aliphatic heterocycles. The lowest BCUT2D eigenvalue weighted by atomic mass is 10.0. The van der Waals surface area contributed by atoms with Crippen LogP contribution in [0.5, 0.6) is 5.75 Å². The Kier molecular flexibility index (Phi) is 9.06. The van der Waals surface area contributed by atoms with Gasteiger partial charge in [0.15, 0.2) is 5.78 Å². The fourth-order valence-electron chi connectivity index (χ4n) is 2.90. The van der Waals surface area contributed by atoms with E-state index >= 15 is 0 Å². The molecule has 7 nitrogen and oxygen atoms in total. The van der Waals surface area contributed by atoms with Crippen LogP contribution >= 0.6 is 0 Å². The van der Waals surface area contributed by atoms with Gasteiger partial charge in [-0.1, -0.05) is 32.0 Å². The number of amides is 2. The van der Waals surface area contributed by atoms with Crippen LogP contribution in [0.3, 0.4) is 0 Å². The summed E-state index contributed by atoms with van der Waals surface area (Å²) in [6, 6.07) is 15.4. The van der Waals surface area contributed by atoms with Crippen molar-refractivity contribution in [3.05, 3.63) is 60.2 Å². The highest BCUT2D eigenvalue weighted by Crippen LogP contribution is 2.13. The van der Waals surface area contributed by atoms with Crippen LogP contribution in [0, 0.1) is 5.92 Å². The molecule has 1 atom stereocenters. The largest absolute Gasteiger partial charge is 0.486 e. The third-order valence-corrected chi connectivity index (χ3v) is 4.58. The molecule has 0 saturated heterocycles. The Labute approximate surface area is 183 Å². The third kappa shape index (κ3) is 8.12. The van der Waals surface area contributed by atoms with Gasteiger partial charge in [-0.05, 0) is 48.7 Å². The number of nitrogens with one attached hydrogen (secondary N) is 2. The molecule has 0 aromatic heterocycles. The monoisotopic (exact) mass is 425 g/mol. The van der Waals surface area contributed by atoms with Crippen molar-refractivity contribution in [1.82, 2.24) is 10.6 Å². The number of rotatable bonds is 11. The van der Waals surface area contributed by atoms with Gasteiger partial charge in [-0.3, -0.25) is 14.4 Å². The lowest BCUT2D eigenvalue weighted by Crippen LogP contribution is -2.48. The molecule has 0 radical (unpaired) electrons. The Morgan fingerprint density at radius 3 is 2.19 bits per heavy atom. The Morgan fingerprint density at radius 1 is 0.968 bits per heavy atom. The number of ether oxygens (including phenoxy) is 1. The maximum absolute atomic E-state index is 12.6. The van der Waals surface area contributed by atoms with E-state index in [1.54, 1.807) is 24.3 Å². The minimum absolute atomic E-state index is 0.135. The van der Waals surface area contributed by atoms with Gasteiger partial charge in [0.2, 0.25) is 5.91 Å². The molecule has 2 N–H and O–H groups in total. The summed E-state index contributed by atoms with van der Waals surface area (Å²) in [7, 11) is 3.84. The molecule has 0 aliphatic rings. The molecule has 2 aromatic rings. The number of anilines is 1. The predicted molar refractivity (Wildman–Crippen MR) is 121 cm³/mol. The summed E-state index contributed by atoms with van der Waals surface area (Å²) in [6.45, 7) is 3.64. The van der Waals surface area contributed by atoms with Gasteiger partial charge in [-0.2, -0.15) is 0 Å². The Balaban J connectivity index is 1.90. The molecule has 0 heterocycles. The predicted octanol–water partition coefficient (Wildman–Crippen LogP) is 2.66. The van der Waals surface area contributed by atoms with Gasteiger partial charge in [0, 0.05) is 25.3 Å². The number of hydrogen-bond donors (Lipinski definition) is 2. The second-order valence-electron chi connectivity index (χ2n) is 7.96. The van der Waals surface area contributed by atoms with Crippen molar-refractivity contribution >= 4 is 23.3 Å². The molecular formula is C24H31N3O4. The molecule has 2 aromatic carbocycles. The fraction of sp³-hybridized carbons (Fsp3) is 0.375. The van der Waals surface area contributed by atoms with E-state index < -0.39 is 6.04 Å². The van der Waals surface area contributed by atoms with E-state index in [4.69, 9.17) is 4.74 Å². The summed E-state index contributed by atoms with van der Waals surface area (Å²) >= 11 is 0. The Morgan fingerprint density at radius 2 is 1.61 bits per heavy atom. The number of benzene rings is 2. The van der Waals surface area contributed by atoms with Crippen LogP contribution in [0.25, 0.3) is 0 Å². The molecular weight excluding hydrogens is 394 g/mol. The maximum atomic E-state index is 12.6. The summed E-state index contributed by atoms with van der Waals surface area (Å²) in [4.78, 5) is 39.3. The standard InChI is InChI=1S/C24H31N3O4/c1-17(2)14-22(26-23(29)18-10-12-19(13-11-18)27(3)4)24(30)25-15-20(28)16-31-21-8-6-5-7-9-21/h5-13,17,22H,14-16H2,1-4H3,(H,25,30)(H,26,29). The van der Waals surface area contributed by atoms with E-state index in [1.165, 1.54) is 0 Å². The highest BCUT2D eigenvalue weighted by Gasteiger charge is 2.23. The van der Waals surface area contributed by atoms with Gasteiger partial charge in [0.1, 0.15) is 18.4 Å². The minimum Gasteiger partial charge on any atom is -0.486 e. The number of Topliss-reactive ketones (excluding diaryl/α,β-unsaturated/α-hetero) is 1. The SMILES string of the molecule is CC(C)CC(NC(=O)c1ccc(N(C)C)cc1)C(=O)NCC(=O)COc1ccccc1. The lowest BCUT2D eigenvalue weighted by molar-refractivity contribution is -0.127. The number of hydrogen-bond acceptors (Lipinski definition) is 5. The van der Waals surface area contributed by atoms with Crippen molar-refractivity contribution in [3.8, 4) is 5.75 Å². The van der Waals surface area contributed by atoms with Crippen molar-refractivity contribution < 1.29 is 19.1 Å². The molecule has 31 heavy (non-hydrogen) atoms. The molecule has 0 spiro atoms. The first-order valence-electron chi connectivity index (χ1n) is 10.3. The minimum atomic E-state index is -0.733. The van der Waals surface area contributed by atoms with Crippen LogP contribution in [-0.2, 0) is 9.59 Å². The number of ketones is 1. The van der Waals surface area contributed by atoms with Gasteiger partial charge >= 0.3 is 0 Å². The molecule has 0 saturated carbocycles. The van der Waals surface area contributed by atoms with Crippen molar-refractivity contribution in [2.45, 2.75) is 26.3 Å². The van der Waals surface area contributed by atoms with E-state index in [0.29, 0.717) is 17.7 Å². The van der Waals surface area contributed by atoms with E-state index in [2.05, 4.69) is 10.6 Å². The third-order valence-electron chi connectivity index (χ3n) is 4.58. The van der Waals surface area contributed by atoms with E-state index in [9.17, 15) is 14.4 Å². The van der Waals surface area contributed by atoms with E-state index in [-0.39, 0.29) is 36.7 Å². The first-order valence-corrected chi connectivity index (χ1v) is 10.3. The fourth-order valence-corrected chi connectivity index (χ4v) is 2.90. The number of para-hydroxylation sites is 1. The quantitative estimate of drug-likeness (QED) is 0.578. The topological polar surface area (TPSA) is 87.7 Å². The summed E-state index contributed by atoms with van der Waals surface area (Å²) in [5.41, 5.74) is 1.45. The van der Waals surface area contributed by atoms with Crippen LogP contribution in [0.4, 0.5) is 5.69 Å². The van der Waals surface area contributed by atoms with E-state index in [1.807, 2.05) is 63.2 Å². The van der Waals surface area contributed by atoms with Gasteiger partial charge in [-0.25, -0.2) is 0 Å². The van der Waals surface area contributed by atoms with Crippen LogP contribution in [0.2, 0.25) is 0 Å². The van der Waals surface area contributed by atoms with Crippen LogP contribution in [0.1, 0.15) is 30.6 Å². The van der Waals surface area contributed by atoms with Gasteiger partial charge < -0.3 is 20.3 Å². The first-order chi connectivity index (χ1) is 14.8. The molecule has 2 rings (SSSR count). The smallest absolute Gasteiger partial charge is 0.251 e. The van der Waals surface area contributed by atoms with Crippen molar-refractivity contribution in [1.29, 1.82) is 0 Å². The van der Waals surface area contributed by atoms with Crippen LogP contribution in [-0.4, -0.2) is 50.9 Å². The number of nitrogens with zero attached hydrogens (tertiary/aromatic N) is 1. The maximum Gasteiger partial charge on any atom is 0.251 e. The van der Waals surface area contributed by atoms with Crippen molar-refractivity contribution in [2.24, 2.45) is 5.92 Å². The summed E-state index contributed by atoms with van der Waals surface area (Å²) in [5.74, 6) is -0.201.